The third kappa shape index (κ3) is 1.80. The summed E-state index contributed by atoms with van der Waals surface area (Å²) < 4.78 is 5.57. The van der Waals surface area contributed by atoms with Gasteiger partial charge in [0.2, 0.25) is 0 Å². The van der Waals surface area contributed by atoms with Crippen LogP contribution >= 0.6 is 0 Å². The number of hydrogen-bond acceptors (Lipinski definition) is 3. The number of nitrogens with two attached hydrogens (primary N) is 1. The SMILES string of the molecule is CC(C)(N)C1Oc2ccccc2NC1=O. The van der Waals surface area contributed by atoms with E-state index in [0.717, 1.165) is 0 Å². The Morgan fingerprint density at radius 3 is 2.73 bits per heavy atom. The van der Waals surface area contributed by atoms with Crippen molar-refractivity contribution in [3.8, 4) is 5.75 Å². The molecule has 0 fully saturated rings. The van der Waals surface area contributed by atoms with Gasteiger partial charge < -0.3 is 15.8 Å². The van der Waals surface area contributed by atoms with Crippen LogP contribution in [-0.2, 0) is 4.79 Å². The number of fused-ring (bicyclic) bond motifs is 1. The van der Waals surface area contributed by atoms with Gasteiger partial charge in [0.1, 0.15) is 5.75 Å². The number of ether oxygens (including phenoxy) is 1. The molecule has 1 aliphatic rings. The Balaban J connectivity index is 2.34. The first-order valence-corrected chi connectivity index (χ1v) is 4.84. The lowest BCUT2D eigenvalue weighted by atomic mass is 9.96. The number of amides is 1. The van der Waals surface area contributed by atoms with Gasteiger partial charge in [0.15, 0.2) is 6.10 Å². The maximum Gasteiger partial charge on any atom is 0.267 e. The van der Waals surface area contributed by atoms with Crippen molar-refractivity contribution in [2.75, 3.05) is 5.32 Å². The summed E-state index contributed by atoms with van der Waals surface area (Å²) in [6.07, 6.45) is -0.646. The fourth-order valence-corrected chi connectivity index (χ4v) is 1.54. The summed E-state index contributed by atoms with van der Waals surface area (Å²) in [4.78, 5) is 11.7. The van der Waals surface area contributed by atoms with Gasteiger partial charge in [-0.3, -0.25) is 4.79 Å². The zero-order chi connectivity index (χ0) is 11.1. The van der Waals surface area contributed by atoms with Crippen LogP contribution in [0.1, 0.15) is 13.8 Å². The fraction of sp³-hybridized carbons (Fsp3) is 0.364. The number of carbonyl (C=O) groups is 1. The van der Waals surface area contributed by atoms with E-state index < -0.39 is 11.6 Å². The standard InChI is InChI=1S/C11H14N2O2/c1-11(2,12)9-10(14)13-7-5-3-4-6-8(7)15-9/h3-6,9H,12H2,1-2H3,(H,13,14). The second-order valence-electron chi connectivity index (χ2n) is 4.30. The van der Waals surface area contributed by atoms with Gasteiger partial charge in [0, 0.05) is 0 Å². The minimum atomic E-state index is -0.697. The third-order valence-electron chi connectivity index (χ3n) is 2.30. The summed E-state index contributed by atoms with van der Waals surface area (Å²) in [5.41, 5.74) is 5.87. The minimum Gasteiger partial charge on any atom is -0.476 e. The van der Waals surface area contributed by atoms with E-state index in [0.29, 0.717) is 11.4 Å². The Labute approximate surface area is 88.4 Å². The van der Waals surface area contributed by atoms with Gasteiger partial charge >= 0.3 is 0 Å². The highest BCUT2D eigenvalue weighted by Gasteiger charge is 2.37. The molecule has 0 spiro atoms. The Kier molecular flexibility index (Phi) is 2.16. The minimum absolute atomic E-state index is 0.193. The molecule has 1 unspecified atom stereocenters. The molecule has 4 heteroatoms. The molecule has 2 rings (SSSR count). The number of para-hydroxylation sites is 2. The van der Waals surface area contributed by atoms with Crippen LogP contribution in [0.3, 0.4) is 0 Å². The van der Waals surface area contributed by atoms with E-state index in [1.165, 1.54) is 0 Å². The second kappa shape index (κ2) is 3.24. The van der Waals surface area contributed by atoms with Gasteiger partial charge in [-0.1, -0.05) is 12.1 Å². The highest BCUT2D eigenvalue weighted by Crippen LogP contribution is 2.31. The highest BCUT2D eigenvalue weighted by atomic mass is 16.5. The molecule has 0 saturated carbocycles. The van der Waals surface area contributed by atoms with Gasteiger partial charge in [-0.15, -0.1) is 0 Å². The summed E-state index contributed by atoms with van der Waals surface area (Å²) in [5.74, 6) is 0.474. The number of hydrogen-bond donors (Lipinski definition) is 2. The molecule has 1 aromatic rings. The Bertz CT molecular complexity index is 396. The zero-order valence-corrected chi connectivity index (χ0v) is 8.78. The molecular weight excluding hydrogens is 192 g/mol. The van der Waals surface area contributed by atoms with E-state index in [1.807, 2.05) is 18.2 Å². The fourth-order valence-electron chi connectivity index (χ4n) is 1.54. The van der Waals surface area contributed by atoms with Crippen LogP contribution < -0.4 is 15.8 Å². The summed E-state index contributed by atoms with van der Waals surface area (Å²) in [5, 5.41) is 2.77. The van der Waals surface area contributed by atoms with Gasteiger partial charge in [-0.05, 0) is 26.0 Å². The molecule has 80 valence electrons. The van der Waals surface area contributed by atoms with Gasteiger partial charge in [-0.25, -0.2) is 0 Å². The molecule has 0 bridgehead atoms. The molecule has 3 N–H and O–H groups in total. The quantitative estimate of drug-likeness (QED) is 0.723. The molecule has 0 saturated heterocycles. The van der Waals surface area contributed by atoms with Crippen LogP contribution in [0.4, 0.5) is 5.69 Å². The van der Waals surface area contributed by atoms with Crippen LogP contribution in [0, 0.1) is 0 Å². The first-order chi connectivity index (χ1) is 6.98. The van der Waals surface area contributed by atoms with Gasteiger partial charge in [0.05, 0.1) is 11.2 Å². The average molecular weight is 206 g/mol. The van der Waals surface area contributed by atoms with Gasteiger partial charge in [-0.2, -0.15) is 0 Å². The van der Waals surface area contributed by atoms with E-state index in [4.69, 9.17) is 10.5 Å². The Morgan fingerprint density at radius 1 is 1.40 bits per heavy atom. The van der Waals surface area contributed by atoms with Crippen molar-refractivity contribution in [2.45, 2.75) is 25.5 Å². The molecule has 1 aliphatic heterocycles. The lowest BCUT2D eigenvalue weighted by Crippen LogP contribution is -2.56. The number of rotatable bonds is 1. The first kappa shape index (κ1) is 9.98. The van der Waals surface area contributed by atoms with E-state index >= 15 is 0 Å². The number of anilines is 1. The summed E-state index contributed by atoms with van der Waals surface area (Å²) >= 11 is 0. The molecule has 1 amide bonds. The third-order valence-corrected chi connectivity index (χ3v) is 2.30. The molecule has 1 heterocycles. The maximum absolute atomic E-state index is 11.7. The molecule has 0 radical (unpaired) electrons. The molecular formula is C11H14N2O2. The summed E-state index contributed by atoms with van der Waals surface area (Å²) in [6.45, 7) is 3.54. The highest BCUT2D eigenvalue weighted by molar-refractivity contribution is 5.98. The van der Waals surface area contributed by atoms with Crippen molar-refractivity contribution >= 4 is 11.6 Å². The Morgan fingerprint density at radius 2 is 2.07 bits per heavy atom. The number of benzene rings is 1. The van der Waals surface area contributed by atoms with Crippen LogP contribution in [0.25, 0.3) is 0 Å². The normalized spacial score (nSPS) is 20.2. The van der Waals surface area contributed by atoms with Crippen molar-refractivity contribution in [1.29, 1.82) is 0 Å². The van der Waals surface area contributed by atoms with Crippen LogP contribution in [0.5, 0.6) is 5.75 Å². The van der Waals surface area contributed by atoms with Gasteiger partial charge in [0.25, 0.3) is 5.91 Å². The molecule has 15 heavy (non-hydrogen) atoms. The zero-order valence-electron chi connectivity index (χ0n) is 8.78. The molecule has 0 aliphatic carbocycles. The second-order valence-corrected chi connectivity index (χ2v) is 4.30. The lowest BCUT2D eigenvalue weighted by Gasteiger charge is -2.33. The predicted octanol–water partition coefficient (Wildman–Crippen LogP) is 1.12. The molecule has 0 aromatic heterocycles. The van der Waals surface area contributed by atoms with E-state index in [1.54, 1.807) is 19.9 Å². The topological polar surface area (TPSA) is 64.3 Å². The number of carbonyl (C=O) groups excluding carboxylic acids is 1. The smallest absolute Gasteiger partial charge is 0.267 e. The van der Waals surface area contributed by atoms with Crippen LogP contribution in [0.2, 0.25) is 0 Å². The van der Waals surface area contributed by atoms with Crippen molar-refractivity contribution in [1.82, 2.24) is 0 Å². The van der Waals surface area contributed by atoms with E-state index in [9.17, 15) is 4.79 Å². The van der Waals surface area contributed by atoms with Crippen molar-refractivity contribution in [2.24, 2.45) is 5.73 Å². The monoisotopic (exact) mass is 206 g/mol. The number of nitrogens with one attached hydrogen (secondary N) is 1. The molecule has 4 nitrogen and oxygen atoms in total. The van der Waals surface area contributed by atoms with Crippen molar-refractivity contribution < 1.29 is 9.53 Å². The molecule has 1 atom stereocenters. The lowest BCUT2D eigenvalue weighted by molar-refractivity contribution is -0.125. The van der Waals surface area contributed by atoms with Crippen molar-refractivity contribution in [3.63, 3.8) is 0 Å². The van der Waals surface area contributed by atoms with Crippen LogP contribution in [0.15, 0.2) is 24.3 Å². The predicted molar refractivity (Wildman–Crippen MR) is 57.8 cm³/mol. The average Bonchev–Trinajstić information content (AvgIpc) is 2.15. The van der Waals surface area contributed by atoms with E-state index in [2.05, 4.69) is 5.32 Å². The van der Waals surface area contributed by atoms with Crippen molar-refractivity contribution in [3.05, 3.63) is 24.3 Å². The Hall–Kier alpha value is -1.55. The maximum atomic E-state index is 11.7. The summed E-state index contributed by atoms with van der Waals surface area (Å²) in [6, 6.07) is 7.31. The molecule has 1 aromatic carbocycles. The van der Waals surface area contributed by atoms with Crippen LogP contribution in [-0.4, -0.2) is 17.6 Å². The summed E-state index contributed by atoms with van der Waals surface area (Å²) in [7, 11) is 0. The largest absolute Gasteiger partial charge is 0.476 e. The first-order valence-electron chi connectivity index (χ1n) is 4.84. The van der Waals surface area contributed by atoms with E-state index in [-0.39, 0.29) is 5.91 Å².